The Balaban J connectivity index is 1.88. The minimum absolute atomic E-state index is 0.206. The van der Waals surface area contributed by atoms with Crippen LogP contribution in [0.15, 0.2) is 36.4 Å². The second kappa shape index (κ2) is 6.50. The number of fused-ring (bicyclic) bond motifs is 3. The van der Waals surface area contributed by atoms with Gasteiger partial charge >= 0.3 is 0 Å². The minimum Gasteiger partial charge on any atom is -0.0579 e. The van der Waals surface area contributed by atoms with Gasteiger partial charge in [-0.05, 0) is 63.0 Å². The molecule has 0 unspecified atom stereocenters. The van der Waals surface area contributed by atoms with E-state index in [1.165, 1.54) is 54.4 Å². The average molecular weight is 361 g/mol. The van der Waals surface area contributed by atoms with Crippen LogP contribution in [0.5, 0.6) is 0 Å². The lowest BCUT2D eigenvalue weighted by molar-refractivity contribution is 0.330. The van der Waals surface area contributed by atoms with Crippen LogP contribution in [0.4, 0.5) is 0 Å². The van der Waals surface area contributed by atoms with E-state index in [9.17, 15) is 0 Å². The normalized spacial score (nSPS) is 18.4. The van der Waals surface area contributed by atoms with Crippen LogP contribution in [-0.4, -0.2) is 0 Å². The Morgan fingerprint density at radius 3 is 1.48 bits per heavy atom. The summed E-state index contributed by atoms with van der Waals surface area (Å²) in [4.78, 5) is 0. The summed E-state index contributed by atoms with van der Waals surface area (Å²) in [5, 5.41) is 0. The van der Waals surface area contributed by atoms with E-state index in [-0.39, 0.29) is 10.8 Å². The van der Waals surface area contributed by atoms with Gasteiger partial charge < -0.3 is 0 Å². The van der Waals surface area contributed by atoms with Crippen LogP contribution in [0.1, 0.15) is 102 Å². The van der Waals surface area contributed by atoms with E-state index in [4.69, 9.17) is 0 Å². The van der Waals surface area contributed by atoms with Gasteiger partial charge in [-0.1, -0.05) is 97.2 Å². The third-order valence-electron chi connectivity index (χ3n) is 6.92. The zero-order valence-electron chi connectivity index (χ0n) is 18.2. The molecule has 1 fully saturated rings. The highest BCUT2D eigenvalue weighted by molar-refractivity contribution is 5.80. The number of hydrogen-bond acceptors (Lipinski definition) is 0. The average Bonchev–Trinajstić information content (AvgIpc) is 2.94. The van der Waals surface area contributed by atoms with Crippen molar-refractivity contribution in [2.45, 2.75) is 90.4 Å². The summed E-state index contributed by atoms with van der Waals surface area (Å²) in [5.41, 5.74) is 9.57. The molecule has 0 aromatic heterocycles. The van der Waals surface area contributed by atoms with Crippen molar-refractivity contribution in [1.29, 1.82) is 0 Å². The lowest BCUT2D eigenvalue weighted by Gasteiger charge is -2.30. The second-order valence-corrected chi connectivity index (χ2v) is 11.0. The van der Waals surface area contributed by atoms with Crippen molar-refractivity contribution in [3.63, 3.8) is 0 Å². The highest BCUT2D eigenvalue weighted by atomic mass is 14.4. The van der Waals surface area contributed by atoms with Crippen molar-refractivity contribution in [3.05, 3.63) is 58.7 Å². The van der Waals surface area contributed by atoms with E-state index in [0.717, 1.165) is 5.92 Å². The zero-order chi connectivity index (χ0) is 19.4. The molecule has 0 atom stereocenters. The maximum Gasteiger partial charge on any atom is 0.0130 e. The highest BCUT2D eigenvalue weighted by Crippen LogP contribution is 2.52. The summed E-state index contributed by atoms with van der Waals surface area (Å²) in [6.45, 7) is 14.0. The SMILES string of the molecule is CC(C)(C)c1ccc2c(c1)C(C1CCCCC1)c1cc(C(C)(C)C)ccc1-2. The molecule has 2 aromatic rings. The molecule has 0 aliphatic heterocycles. The first-order valence-electron chi connectivity index (χ1n) is 11.0. The first-order chi connectivity index (χ1) is 12.7. The molecule has 0 heteroatoms. The van der Waals surface area contributed by atoms with Gasteiger partial charge in [0.25, 0.3) is 0 Å². The van der Waals surface area contributed by atoms with Crippen molar-refractivity contribution >= 4 is 0 Å². The number of benzene rings is 2. The quantitative estimate of drug-likeness (QED) is 0.483. The van der Waals surface area contributed by atoms with Gasteiger partial charge in [-0.15, -0.1) is 0 Å². The predicted molar refractivity (Wildman–Crippen MR) is 118 cm³/mol. The fourth-order valence-corrected chi connectivity index (χ4v) is 5.21. The molecule has 0 spiro atoms. The summed E-state index contributed by atoms with van der Waals surface area (Å²) >= 11 is 0. The first-order valence-corrected chi connectivity index (χ1v) is 11.0. The zero-order valence-corrected chi connectivity index (χ0v) is 18.2. The molecule has 0 N–H and O–H groups in total. The van der Waals surface area contributed by atoms with Crippen LogP contribution in [0.3, 0.4) is 0 Å². The van der Waals surface area contributed by atoms with Crippen LogP contribution in [0.2, 0.25) is 0 Å². The number of rotatable bonds is 1. The molecule has 0 amide bonds. The van der Waals surface area contributed by atoms with Crippen LogP contribution < -0.4 is 0 Å². The second-order valence-electron chi connectivity index (χ2n) is 11.0. The maximum atomic E-state index is 2.55. The maximum absolute atomic E-state index is 2.55. The van der Waals surface area contributed by atoms with Gasteiger partial charge in [-0.2, -0.15) is 0 Å². The third-order valence-corrected chi connectivity index (χ3v) is 6.92. The van der Waals surface area contributed by atoms with Crippen molar-refractivity contribution in [2.24, 2.45) is 5.92 Å². The summed E-state index contributed by atoms with van der Waals surface area (Å²) in [7, 11) is 0. The summed E-state index contributed by atoms with van der Waals surface area (Å²) in [6, 6.07) is 14.6. The molecule has 0 nitrogen and oxygen atoms in total. The molecule has 2 aromatic carbocycles. The van der Waals surface area contributed by atoms with Gasteiger partial charge in [0, 0.05) is 5.92 Å². The van der Waals surface area contributed by atoms with Crippen LogP contribution >= 0.6 is 0 Å². The van der Waals surface area contributed by atoms with Crippen LogP contribution in [0.25, 0.3) is 11.1 Å². The van der Waals surface area contributed by atoms with Gasteiger partial charge in [0.1, 0.15) is 0 Å². The van der Waals surface area contributed by atoms with E-state index in [0.29, 0.717) is 5.92 Å². The first kappa shape index (κ1) is 18.8. The fraction of sp³-hybridized carbons (Fsp3) is 0.556. The van der Waals surface area contributed by atoms with Gasteiger partial charge in [0.15, 0.2) is 0 Å². The Morgan fingerprint density at radius 2 is 1.07 bits per heavy atom. The molecule has 0 saturated heterocycles. The molecule has 144 valence electrons. The van der Waals surface area contributed by atoms with Gasteiger partial charge in [-0.25, -0.2) is 0 Å². The van der Waals surface area contributed by atoms with Crippen molar-refractivity contribution < 1.29 is 0 Å². The van der Waals surface area contributed by atoms with Gasteiger partial charge in [-0.3, -0.25) is 0 Å². The van der Waals surface area contributed by atoms with Crippen molar-refractivity contribution in [3.8, 4) is 11.1 Å². The van der Waals surface area contributed by atoms with Crippen molar-refractivity contribution in [1.82, 2.24) is 0 Å². The van der Waals surface area contributed by atoms with Crippen LogP contribution in [0, 0.1) is 5.92 Å². The van der Waals surface area contributed by atoms with Gasteiger partial charge in [0.2, 0.25) is 0 Å². The molecule has 27 heavy (non-hydrogen) atoms. The summed E-state index contributed by atoms with van der Waals surface area (Å²) in [6.07, 6.45) is 7.02. The van der Waals surface area contributed by atoms with E-state index in [1.54, 1.807) is 11.1 Å². The fourth-order valence-electron chi connectivity index (χ4n) is 5.21. The van der Waals surface area contributed by atoms with E-state index < -0.39 is 0 Å². The van der Waals surface area contributed by atoms with Crippen molar-refractivity contribution in [2.75, 3.05) is 0 Å². The highest BCUT2D eigenvalue weighted by Gasteiger charge is 2.36. The Morgan fingerprint density at radius 1 is 0.630 bits per heavy atom. The molecule has 0 bridgehead atoms. The largest absolute Gasteiger partial charge is 0.0579 e. The standard InChI is InChI=1S/C27H36/c1-26(2,3)19-12-14-21-22-15-13-20(27(4,5)6)17-24(22)25(23(21)16-19)18-10-8-7-9-11-18/h12-18,25H,7-11H2,1-6H3. The minimum atomic E-state index is 0.206. The Labute approximate surface area is 166 Å². The molecule has 1 saturated carbocycles. The Hall–Kier alpha value is -1.56. The molecular weight excluding hydrogens is 324 g/mol. The van der Waals surface area contributed by atoms with Crippen LogP contribution in [-0.2, 0) is 10.8 Å². The molecule has 2 aliphatic carbocycles. The topological polar surface area (TPSA) is 0 Å². The van der Waals surface area contributed by atoms with E-state index in [1.807, 2.05) is 0 Å². The molecule has 0 radical (unpaired) electrons. The summed E-state index contributed by atoms with van der Waals surface area (Å²) in [5.74, 6) is 1.41. The number of hydrogen-bond donors (Lipinski definition) is 0. The predicted octanol–water partition coefficient (Wildman–Crippen LogP) is 7.97. The lowest BCUT2D eigenvalue weighted by atomic mass is 9.74. The molecular formula is C27H36. The smallest absolute Gasteiger partial charge is 0.0130 e. The summed E-state index contributed by atoms with van der Waals surface area (Å²) < 4.78 is 0. The van der Waals surface area contributed by atoms with Gasteiger partial charge in [0.05, 0.1) is 0 Å². The third kappa shape index (κ3) is 3.37. The lowest BCUT2D eigenvalue weighted by Crippen LogP contribution is -2.18. The molecule has 4 rings (SSSR count). The van der Waals surface area contributed by atoms with E-state index in [2.05, 4.69) is 77.9 Å². The molecule has 2 aliphatic rings. The monoisotopic (exact) mass is 360 g/mol. The Bertz CT molecular complexity index is 772. The Kier molecular flexibility index (Phi) is 4.53. The molecule has 0 heterocycles. The van der Waals surface area contributed by atoms with E-state index >= 15 is 0 Å².